The minimum atomic E-state index is -4.29. The molecule has 1 amide bonds. The number of nitrogens with zero attached hydrogens (tertiary/aromatic N) is 1. The number of nitro benzene ring substituents is 1. The molecule has 0 saturated heterocycles. The van der Waals surface area contributed by atoms with Crippen LogP contribution in [0.15, 0.2) is 64.0 Å². The number of sulfonamides is 1. The molecule has 32 heavy (non-hydrogen) atoms. The highest BCUT2D eigenvalue weighted by atomic mass is 79.9. The van der Waals surface area contributed by atoms with Crippen LogP contribution in [0.2, 0.25) is 15.1 Å². The summed E-state index contributed by atoms with van der Waals surface area (Å²) in [6.07, 6.45) is 0. The van der Waals surface area contributed by atoms with Gasteiger partial charge in [-0.05, 0) is 48.5 Å². The van der Waals surface area contributed by atoms with Gasteiger partial charge in [0.2, 0.25) is 0 Å². The molecular weight excluding hydrogens is 569 g/mol. The highest BCUT2D eigenvalue weighted by Crippen LogP contribution is 2.31. The molecule has 0 saturated carbocycles. The summed E-state index contributed by atoms with van der Waals surface area (Å²) >= 11 is 20.9. The number of benzene rings is 3. The molecule has 0 heterocycles. The lowest BCUT2D eigenvalue weighted by Gasteiger charge is -2.14. The number of carbonyl (C=O) groups excluding carboxylic acids is 1. The molecule has 13 heteroatoms. The lowest BCUT2D eigenvalue weighted by molar-refractivity contribution is -0.384. The van der Waals surface area contributed by atoms with E-state index in [4.69, 9.17) is 34.8 Å². The van der Waals surface area contributed by atoms with Gasteiger partial charge in [-0.15, -0.1) is 0 Å². The van der Waals surface area contributed by atoms with Crippen LogP contribution < -0.4 is 10.0 Å². The van der Waals surface area contributed by atoms with E-state index in [2.05, 4.69) is 26.0 Å². The van der Waals surface area contributed by atoms with Gasteiger partial charge in [-0.1, -0.05) is 50.7 Å². The zero-order valence-corrected chi connectivity index (χ0v) is 20.3. The van der Waals surface area contributed by atoms with Crippen molar-refractivity contribution in [3.8, 4) is 0 Å². The first-order valence-corrected chi connectivity index (χ1v) is 11.9. The van der Waals surface area contributed by atoms with Gasteiger partial charge in [0.25, 0.3) is 21.6 Å². The molecule has 0 atom stereocenters. The summed E-state index contributed by atoms with van der Waals surface area (Å²) in [6.45, 7) is 0. The summed E-state index contributed by atoms with van der Waals surface area (Å²) in [6, 6.07) is 11.8. The van der Waals surface area contributed by atoms with Crippen LogP contribution in [0.1, 0.15) is 10.4 Å². The van der Waals surface area contributed by atoms with Gasteiger partial charge >= 0.3 is 0 Å². The third kappa shape index (κ3) is 5.51. The lowest BCUT2D eigenvalue weighted by Crippen LogP contribution is -2.19. The molecule has 0 fully saturated rings. The fourth-order valence-corrected chi connectivity index (χ4v) is 4.68. The van der Waals surface area contributed by atoms with Crippen molar-refractivity contribution in [2.24, 2.45) is 0 Å². The standard InChI is InChI=1S/C19H11BrCl3N3O5S/c20-10-1-5-16(13(7-10)19(27)24-17-6-2-11(21)8-15(17)23)25-32(30,31)12-3-4-14(22)18(9-12)26(28)29/h1-9,25H,(H,24,27). The molecular formula is C19H11BrCl3N3O5S. The number of hydrogen-bond acceptors (Lipinski definition) is 5. The van der Waals surface area contributed by atoms with E-state index in [9.17, 15) is 23.3 Å². The zero-order chi connectivity index (χ0) is 23.6. The molecule has 0 bridgehead atoms. The van der Waals surface area contributed by atoms with Crippen molar-refractivity contribution >= 4 is 83.7 Å². The molecule has 0 unspecified atom stereocenters. The lowest BCUT2D eigenvalue weighted by atomic mass is 10.1. The Bertz CT molecular complexity index is 1350. The number of anilines is 2. The van der Waals surface area contributed by atoms with Crippen LogP contribution in [0.25, 0.3) is 0 Å². The Morgan fingerprint density at radius 2 is 1.62 bits per heavy atom. The topological polar surface area (TPSA) is 118 Å². The van der Waals surface area contributed by atoms with E-state index in [1.165, 1.54) is 36.4 Å². The Kier molecular flexibility index (Phi) is 7.31. The Labute approximate surface area is 205 Å². The molecule has 2 N–H and O–H groups in total. The van der Waals surface area contributed by atoms with Crippen LogP contribution in [0.3, 0.4) is 0 Å². The molecule has 166 valence electrons. The van der Waals surface area contributed by atoms with Gasteiger partial charge in [-0.3, -0.25) is 19.6 Å². The molecule has 3 aromatic rings. The van der Waals surface area contributed by atoms with Crippen LogP contribution in [0.4, 0.5) is 17.1 Å². The summed E-state index contributed by atoms with van der Waals surface area (Å²) in [7, 11) is -4.29. The Hall–Kier alpha value is -2.37. The Morgan fingerprint density at radius 3 is 2.28 bits per heavy atom. The first-order valence-electron chi connectivity index (χ1n) is 8.50. The van der Waals surface area contributed by atoms with Gasteiger partial charge in [-0.25, -0.2) is 8.42 Å². The van der Waals surface area contributed by atoms with Gasteiger partial charge in [0, 0.05) is 15.6 Å². The number of hydrogen-bond donors (Lipinski definition) is 2. The number of carbonyl (C=O) groups is 1. The molecule has 0 aliphatic rings. The molecule has 0 aromatic heterocycles. The molecule has 0 aliphatic heterocycles. The first kappa shape index (κ1) is 24.3. The predicted octanol–water partition coefficient (Wildman–Crippen LogP) is 6.37. The Balaban J connectivity index is 1.96. The molecule has 3 rings (SSSR count). The maximum absolute atomic E-state index is 12.9. The third-order valence-corrected chi connectivity index (χ3v) is 6.80. The Morgan fingerprint density at radius 1 is 0.938 bits per heavy atom. The minimum absolute atomic E-state index is 0.0302. The second-order valence-electron chi connectivity index (χ2n) is 6.24. The summed E-state index contributed by atoms with van der Waals surface area (Å²) in [5, 5.41) is 14.0. The van der Waals surface area contributed by atoms with Crippen molar-refractivity contribution in [2.45, 2.75) is 4.90 Å². The average Bonchev–Trinajstić information content (AvgIpc) is 2.71. The second-order valence-corrected chi connectivity index (χ2v) is 10.1. The van der Waals surface area contributed by atoms with Crippen molar-refractivity contribution in [2.75, 3.05) is 10.0 Å². The molecule has 3 aromatic carbocycles. The number of amides is 1. The maximum Gasteiger partial charge on any atom is 0.289 e. The highest BCUT2D eigenvalue weighted by molar-refractivity contribution is 9.10. The van der Waals surface area contributed by atoms with E-state index in [1.54, 1.807) is 0 Å². The molecule has 0 spiro atoms. The SMILES string of the molecule is O=C(Nc1ccc(Cl)cc1Cl)c1cc(Br)ccc1NS(=O)(=O)c1ccc(Cl)c([N+](=O)[O-])c1. The van der Waals surface area contributed by atoms with Crippen molar-refractivity contribution in [1.82, 2.24) is 0 Å². The number of nitrogens with one attached hydrogen (secondary N) is 2. The second kappa shape index (κ2) is 9.63. The normalized spacial score (nSPS) is 11.1. The summed E-state index contributed by atoms with van der Waals surface area (Å²) in [5.74, 6) is -0.657. The van der Waals surface area contributed by atoms with Gasteiger partial charge in [0.05, 0.1) is 31.8 Å². The van der Waals surface area contributed by atoms with E-state index >= 15 is 0 Å². The fourth-order valence-electron chi connectivity index (χ4n) is 2.58. The van der Waals surface area contributed by atoms with E-state index < -0.39 is 31.4 Å². The van der Waals surface area contributed by atoms with Crippen molar-refractivity contribution < 1.29 is 18.1 Å². The van der Waals surface area contributed by atoms with Crippen LogP contribution in [0, 0.1) is 10.1 Å². The van der Waals surface area contributed by atoms with Crippen molar-refractivity contribution in [3.63, 3.8) is 0 Å². The van der Waals surface area contributed by atoms with Crippen LogP contribution in [-0.2, 0) is 10.0 Å². The van der Waals surface area contributed by atoms with Gasteiger partial charge in [-0.2, -0.15) is 0 Å². The molecule has 0 radical (unpaired) electrons. The quantitative estimate of drug-likeness (QED) is 0.260. The van der Waals surface area contributed by atoms with Crippen LogP contribution in [-0.4, -0.2) is 19.2 Å². The van der Waals surface area contributed by atoms with Crippen molar-refractivity contribution in [3.05, 3.63) is 89.8 Å². The molecule has 0 aliphatic carbocycles. The largest absolute Gasteiger partial charge is 0.321 e. The van der Waals surface area contributed by atoms with Gasteiger partial charge in [0.15, 0.2) is 0 Å². The van der Waals surface area contributed by atoms with E-state index in [0.29, 0.717) is 9.50 Å². The number of rotatable bonds is 6. The fraction of sp³-hybridized carbons (Fsp3) is 0. The van der Waals surface area contributed by atoms with E-state index in [0.717, 1.165) is 18.2 Å². The van der Waals surface area contributed by atoms with Gasteiger partial charge < -0.3 is 5.32 Å². The third-order valence-electron chi connectivity index (χ3n) is 4.07. The summed E-state index contributed by atoms with van der Waals surface area (Å²) < 4.78 is 28.5. The predicted molar refractivity (Wildman–Crippen MR) is 127 cm³/mol. The smallest absolute Gasteiger partial charge is 0.289 e. The van der Waals surface area contributed by atoms with E-state index in [1.807, 2.05) is 0 Å². The zero-order valence-electron chi connectivity index (χ0n) is 15.6. The highest BCUT2D eigenvalue weighted by Gasteiger charge is 2.23. The van der Waals surface area contributed by atoms with Crippen LogP contribution >= 0.6 is 50.7 Å². The van der Waals surface area contributed by atoms with Crippen LogP contribution in [0.5, 0.6) is 0 Å². The number of nitro groups is 1. The number of halogens is 4. The maximum atomic E-state index is 12.9. The van der Waals surface area contributed by atoms with E-state index in [-0.39, 0.29) is 27.0 Å². The van der Waals surface area contributed by atoms with Crippen molar-refractivity contribution in [1.29, 1.82) is 0 Å². The monoisotopic (exact) mass is 577 g/mol. The average molecular weight is 580 g/mol. The minimum Gasteiger partial charge on any atom is -0.321 e. The van der Waals surface area contributed by atoms with Gasteiger partial charge in [0.1, 0.15) is 5.02 Å². The summed E-state index contributed by atoms with van der Waals surface area (Å²) in [4.78, 5) is 22.8. The molecule has 8 nitrogen and oxygen atoms in total. The first-order chi connectivity index (χ1) is 15.0. The summed E-state index contributed by atoms with van der Waals surface area (Å²) in [5.41, 5.74) is -0.394.